The summed E-state index contributed by atoms with van der Waals surface area (Å²) >= 11 is 0. The van der Waals surface area contributed by atoms with Crippen molar-refractivity contribution in [2.75, 3.05) is 6.61 Å². The Hall–Kier alpha value is -1.36. The summed E-state index contributed by atoms with van der Waals surface area (Å²) in [5.41, 5.74) is 0. The molecule has 1 aliphatic carbocycles. The summed E-state index contributed by atoms with van der Waals surface area (Å²) in [5.74, 6) is 1.73. The highest BCUT2D eigenvalue weighted by molar-refractivity contribution is 5.79. The second-order valence-corrected chi connectivity index (χ2v) is 6.75. The summed E-state index contributed by atoms with van der Waals surface area (Å²) in [5, 5.41) is 12.6. The van der Waals surface area contributed by atoms with E-state index in [0.29, 0.717) is 12.3 Å². The van der Waals surface area contributed by atoms with Crippen LogP contribution >= 0.6 is 0 Å². The van der Waals surface area contributed by atoms with Crippen LogP contribution in [0.2, 0.25) is 0 Å². The van der Waals surface area contributed by atoms with E-state index in [1.165, 1.54) is 32.1 Å². The van der Waals surface area contributed by atoms with E-state index in [0.717, 1.165) is 25.2 Å². The van der Waals surface area contributed by atoms with Gasteiger partial charge in [-0.15, -0.1) is 0 Å². The maximum Gasteiger partial charge on any atom is 0.223 e. The Morgan fingerprint density at radius 3 is 2.95 bits per heavy atom. The standard InChI is InChI=1S/C17H27N3O2/c21-11-7-15(13-4-2-1-3-5-13)19-17(22)14-6-9-20-10-8-18-16(20)12-14/h8,10,13-15,21H,1-7,9,11-12H2,(H,19,22). The molecule has 22 heavy (non-hydrogen) atoms. The molecule has 5 heteroatoms. The van der Waals surface area contributed by atoms with Crippen LogP contribution < -0.4 is 5.32 Å². The molecule has 0 aromatic carbocycles. The number of carbonyl (C=O) groups is 1. The van der Waals surface area contributed by atoms with E-state index in [-0.39, 0.29) is 24.5 Å². The second-order valence-electron chi connectivity index (χ2n) is 6.75. The quantitative estimate of drug-likeness (QED) is 0.873. The molecule has 1 aromatic heterocycles. The number of amides is 1. The van der Waals surface area contributed by atoms with Gasteiger partial charge in [-0.25, -0.2) is 4.98 Å². The fourth-order valence-electron chi connectivity index (χ4n) is 3.98. The van der Waals surface area contributed by atoms with Gasteiger partial charge in [0, 0.05) is 43.9 Å². The van der Waals surface area contributed by atoms with Crippen LogP contribution in [-0.4, -0.2) is 33.2 Å². The van der Waals surface area contributed by atoms with Crippen molar-refractivity contribution in [2.45, 2.75) is 64.0 Å². The van der Waals surface area contributed by atoms with Gasteiger partial charge in [-0.2, -0.15) is 0 Å². The van der Waals surface area contributed by atoms with Gasteiger partial charge < -0.3 is 15.0 Å². The van der Waals surface area contributed by atoms with Crippen molar-refractivity contribution >= 4 is 5.91 Å². The first-order chi connectivity index (χ1) is 10.8. The molecule has 122 valence electrons. The number of nitrogens with zero attached hydrogens (tertiary/aromatic N) is 2. The van der Waals surface area contributed by atoms with Gasteiger partial charge >= 0.3 is 0 Å². The van der Waals surface area contributed by atoms with Crippen molar-refractivity contribution in [3.05, 3.63) is 18.2 Å². The molecule has 0 bridgehead atoms. The summed E-state index contributed by atoms with van der Waals surface area (Å²) < 4.78 is 2.14. The summed E-state index contributed by atoms with van der Waals surface area (Å²) in [6.45, 7) is 1.03. The van der Waals surface area contributed by atoms with Crippen LogP contribution in [0.1, 0.15) is 50.8 Å². The van der Waals surface area contributed by atoms with Crippen LogP contribution in [0.25, 0.3) is 0 Å². The Morgan fingerprint density at radius 2 is 2.18 bits per heavy atom. The zero-order valence-corrected chi connectivity index (χ0v) is 13.2. The van der Waals surface area contributed by atoms with Crippen molar-refractivity contribution in [3.8, 4) is 0 Å². The highest BCUT2D eigenvalue weighted by atomic mass is 16.3. The van der Waals surface area contributed by atoms with Crippen LogP contribution in [0.5, 0.6) is 0 Å². The van der Waals surface area contributed by atoms with Gasteiger partial charge in [0.25, 0.3) is 0 Å². The number of aliphatic hydroxyl groups excluding tert-OH is 1. The molecular weight excluding hydrogens is 278 g/mol. The topological polar surface area (TPSA) is 67.2 Å². The Morgan fingerprint density at radius 1 is 1.36 bits per heavy atom. The number of rotatable bonds is 5. The molecule has 1 aromatic rings. The van der Waals surface area contributed by atoms with Gasteiger partial charge in [0.1, 0.15) is 5.82 Å². The summed E-state index contributed by atoms with van der Waals surface area (Å²) in [6.07, 6.45) is 12.3. The van der Waals surface area contributed by atoms with E-state index >= 15 is 0 Å². The molecule has 1 saturated carbocycles. The molecule has 2 atom stereocenters. The SMILES string of the molecule is O=C(NC(CCO)C1CCCCC1)C1CCn2ccnc2C1. The van der Waals surface area contributed by atoms with Gasteiger partial charge in [-0.05, 0) is 31.6 Å². The average molecular weight is 305 g/mol. The third-order valence-electron chi connectivity index (χ3n) is 5.31. The summed E-state index contributed by atoms with van der Waals surface area (Å²) in [6, 6.07) is 0.138. The lowest BCUT2D eigenvalue weighted by atomic mass is 9.82. The molecule has 1 aliphatic heterocycles. The molecule has 2 aliphatic rings. The molecule has 2 unspecified atom stereocenters. The first-order valence-corrected chi connectivity index (χ1v) is 8.69. The van der Waals surface area contributed by atoms with Gasteiger partial charge in [-0.1, -0.05) is 19.3 Å². The predicted molar refractivity (Wildman–Crippen MR) is 84.2 cm³/mol. The molecule has 0 radical (unpaired) electrons. The number of hydrogen-bond donors (Lipinski definition) is 2. The Labute approximate surface area is 132 Å². The van der Waals surface area contributed by atoms with Crippen molar-refractivity contribution in [3.63, 3.8) is 0 Å². The Kier molecular flexibility index (Phi) is 5.13. The van der Waals surface area contributed by atoms with Gasteiger partial charge in [-0.3, -0.25) is 4.79 Å². The lowest BCUT2D eigenvalue weighted by Crippen LogP contribution is -2.45. The number of fused-ring (bicyclic) bond motifs is 1. The number of carbonyl (C=O) groups excluding carboxylic acids is 1. The molecule has 5 nitrogen and oxygen atoms in total. The van der Waals surface area contributed by atoms with E-state index in [4.69, 9.17) is 0 Å². The summed E-state index contributed by atoms with van der Waals surface area (Å²) in [4.78, 5) is 17.0. The third kappa shape index (κ3) is 3.51. The van der Waals surface area contributed by atoms with E-state index < -0.39 is 0 Å². The Balaban J connectivity index is 1.59. The molecule has 1 amide bonds. The van der Waals surface area contributed by atoms with Crippen LogP contribution in [0.15, 0.2) is 12.4 Å². The predicted octanol–water partition coefficient (Wildman–Crippen LogP) is 1.89. The van der Waals surface area contributed by atoms with Gasteiger partial charge in [0.15, 0.2) is 0 Å². The highest BCUT2D eigenvalue weighted by Gasteiger charge is 2.30. The van der Waals surface area contributed by atoms with Gasteiger partial charge in [0.2, 0.25) is 5.91 Å². The largest absolute Gasteiger partial charge is 0.396 e. The smallest absolute Gasteiger partial charge is 0.223 e. The molecule has 2 N–H and O–H groups in total. The first-order valence-electron chi connectivity index (χ1n) is 8.69. The number of nitrogens with one attached hydrogen (secondary N) is 1. The van der Waals surface area contributed by atoms with Crippen LogP contribution in [0.3, 0.4) is 0 Å². The van der Waals surface area contributed by atoms with E-state index in [9.17, 15) is 9.90 Å². The fourth-order valence-corrected chi connectivity index (χ4v) is 3.98. The molecule has 0 spiro atoms. The number of aliphatic hydroxyl groups is 1. The maximum atomic E-state index is 12.6. The van der Waals surface area contributed by atoms with Crippen molar-refractivity contribution in [1.82, 2.24) is 14.9 Å². The minimum absolute atomic E-state index is 0.0275. The third-order valence-corrected chi connectivity index (χ3v) is 5.31. The van der Waals surface area contributed by atoms with Crippen LogP contribution in [0.4, 0.5) is 0 Å². The van der Waals surface area contributed by atoms with E-state index in [2.05, 4.69) is 14.9 Å². The normalized spacial score (nSPS) is 23.8. The number of aromatic nitrogens is 2. The zero-order valence-electron chi connectivity index (χ0n) is 13.2. The molecular formula is C17H27N3O2. The van der Waals surface area contributed by atoms with Crippen LogP contribution in [0, 0.1) is 11.8 Å². The maximum absolute atomic E-state index is 12.6. The summed E-state index contributed by atoms with van der Waals surface area (Å²) in [7, 11) is 0. The minimum Gasteiger partial charge on any atom is -0.396 e. The Bertz CT molecular complexity index is 494. The van der Waals surface area contributed by atoms with E-state index in [1.807, 2.05) is 12.4 Å². The second kappa shape index (κ2) is 7.27. The average Bonchev–Trinajstić information content (AvgIpc) is 3.02. The number of imidazole rings is 1. The van der Waals surface area contributed by atoms with Crippen molar-refractivity contribution < 1.29 is 9.90 Å². The van der Waals surface area contributed by atoms with Crippen LogP contribution in [-0.2, 0) is 17.8 Å². The molecule has 0 saturated heterocycles. The van der Waals surface area contributed by atoms with Crippen molar-refractivity contribution in [2.24, 2.45) is 11.8 Å². The molecule has 1 fully saturated rings. The number of aryl methyl sites for hydroxylation is 1. The lowest BCUT2D eigenvalue weighted by Gasteiger charge is -2.32. The number of hydrogen-bond acceptors (Lipinski definition) is 3. The zero-order chi connectivity index (χ0) is 15.4. The van der Waals surface area contributed by atoms with E-state index in [1.54, 1.807) is 0 Å². The first kappa shape index (κ1) is 15.5. The lowest BCUT2D eigenvalue weighted by molar-refractivity contribution is -0.127. The van der Waals surface area contributed by atoms with Crippen molar-refractivity contribution in [1.29, 1.82) is 0 Å². The highest BCUT2D eigenvalue weighted by Crippen LogP contribution is 2.28. The molecule has 2 heterocycles. The monoisotopic (exact) mass is 305 g/mol. The minimum atomic E-state index is 0.0275. The fraction of sp³-hybridized carbons (Fsp3) is 0.765. The molecule has 3 rings (SSSR count). The van der Waals surface area contributed by atoms with Gasteiger partial charge in [0.05, 0.1) is 0 Å².